The van der Waals surface area contributed by atoms with E-state index in [1.165, 1.54) is 0 Å². The molecule has 2 N–H and O–H groups in total. The fourth-order valence-corrected chi connectivity index (χ4v) is 3.09. The first-order valence-electron chi connectivity index (χ1n) is 5.84. The smallest absolute Gasteiger partial charge is 0.191 e. The lowest BCUT2D eigenvalue weighted by Crippen LogP contribution is -2.42. The molecule has 8 heteroatoms. The molecule has 0 amide bonds. The van der Waals surface area contributed by atoms with Gasteiger partial charge in [0.15, 0.2) is 17.6 Å². The minimum atomic E-state index is -0.874. The molecule has 1 aliphatic rings. The Morgan fingerprint density at radius 2 is 1.90 bits per heavy atom. The monoisotopic (exact) mass is 477 g/mol. The van der Waals surface area contributed by atoms with E-state index in [1.54, 1.807) is 0 Å². The van der Waals surface area contributed by atoms with Crippen LogP contribution >= 0.6 is 51.7 Å². The fraction of sp³-hybridized carbons (Fsp3) is 0.417. The third-order valence-electron chi connectivity index (χ3n) is 2.84. The highest BCUT2D eigenvalue weighted by Gasteiger charge is 2.13. The standard InChI is InChI=1S/C12H14BrF2N3S.HI/c13-9-6-11(15)10(14)5-8(9)7-17-12(16)18-1-3-19-4-2-18;/h5-6H,1-4,7H2,(H2,16,17);1H. The molecule has 0 aromatic heterocycles. The Morgan fingerprint density at radius 1 is 1.30 bits per heavy atom. The van der Waals surface area contributed by atoms with Gasteiger partial charge in [-0.25, -0.2) is 13.8 Å². The summed E-state index contributed by atoms with van der Waals surface area (Å²) >= 11 is 5.08. The normalized spacial score (nSPS) is 15.9. The Hall–Kier alpha value is -0.0900. The van der Waals surface area contributed by atoms with Crippen molar-refractivity contribution in [3.05, 3.63) is 33.8 Å². The molecule has 0 bridgehead atoms. The molecule has 0 saturated carbocycles. The van der Waals surface area contributed by atoms with Gasteiger partial charge in [-0.2, -0.15) is 11.8 Å². The van der Waals surface area contributed by atoms with Crippen molar-refractivity contribution in [1.82, 2.24) is 4.90 Å². The zero-order valence-corrected chi connectivity index (χ0v) is 15.3. The summed E-state index contributed by atoms with van der Waals surface area (Å²) in [4.78, 5) is 6.25. The van der Waals surface area contributed by atoms with E-state index in [0.717, 1.165) is 36.7 Å². The van der Waals surface area contributed by atoms with E-state index in [2.05, 4.69) is 20.9 Å². The number of hydrogen-bond donors (Lipinski definition) is 1. The van der Waals surface area contributed by atoms with Gasteiger partial charge in [0.1, 0.15) is 0 Å². The molecule has 0 atom stereocenters. The summed E-state index contributed by atoms with van der Waals surface area (Å²) in [5.41, 5.74) is 6.47. The number of hydrogen-bond acceptors (Lipinski definition) is 2. The van der Waals surface area contributed by atoms with Crippen LogP contribution in [0.15, 0.2) is 21.6 Å². The second kappa shape index (κ2) is 8.38. The topological polar surface area (TPSA) is 41.6 Å². The summed E-state index contributed by atoms with van der Waals surface area (Å²) in [6, 6.07) is 2.25. The predicted octanol–water partition coefficient (Wildman–Crippen LogP) is 3.21. The van der Waals surface area contributed by atoms with E-state index in [9.17, 15) is 8.78 Å². The number of nitrogens with zero attached hydrogens (tertiary/aromatic N) is 2. The Kier molecular flexibility index (Phi) is 7.52. The molecule has 0 radical (unpaired) electrons. The molecule has 0 unspecified atom stereocenters. The van der Waals surface area contributed by atoms with Crippen molar-refractivity contribution in [2.45, 2.75) is 6.54 Å². The van der Waals surface area contributed by atoms with Crippen molar-refractivity contribution in [3.63, 3.8) is 0 Å². The second-order valence-electron chi connectivity index (χ2n) is 4.13. The van der Waals surface area contributed by atoms with E-state index in [0.29, 0.717) is 16.0 Å². The quantitative estimate of drug-likeness (QED) is 0.308. The van der Waals surface area contributed by atoms with Gasteiger partial charge in [0.25, 0.3) is 0 Å². The summed E-state index contributed by atoms with van der Waals surface area (Å²) in [6.45, 7) is 1.98. The van der Waals surface area contributed by atoms with Crippen LogP contribution in [-0.2, 0) is 6.54 Å². The number of thioether (sulfide) groups is 1. The van der Waals surface area contributed by atoms with Gasteiger partial charge in [0, 0.05) is 29.1 Å². The highest BCUT2D eigenvalue weighted by atomic mass is 127. The first kappa shape index (κ1) is 18.0. The van der Waals surface area contributed by atoms with Crippen LogP contribution in [0.3, 0.4) is 0 Å². The van der Waals surface area contributed by atoms with Crippen molar-refractivity contribution < 1.29 is 8.78 Å². The number of rotatable bonds is 2. The van der Waals surface area contributed by atoms with Gasteiger partial charge in [-0.15, -0.1) is 24.0 Å². The van der Waals surface area contributed by atoms with Crippen LogP contribution in [-0.4, -0.2) is 35.5 Å². The van der Waals surface area contributed by atoms with Gasteiger partial charge in [-0.05, 0) is 17.7 Å². The third kappa shape index (κ3) is 4.73. The highest BCUT2D eigenvalue weighted by molar-refractivity contribution is 14.0. The van der Waals surface area contributed by atoms with Gasteiger partial charge in [0.2, 0.25) is 0 Å². The minimum absolute atomic E-state index is 0. The first-order chi connectivity index (χ1) is 9.08. The lowest BCUT2D eigenvalue weighted by Gasteiger charge is -2.27. The molecule has 1 fully saturated rings. The van der Waals surface area contributed by atoms with Gasteiger partial charge < -0.3 is 10.6 Å². The molecular formula is C12H15BrF2IN3S. The molecule has 3 nitrogen and oxygen atoms in total. The minimum Gasteiger partial charge on any atom is -0.370 e. The molecule has 1 saturated heterocycles. The highest BCUT2D eigenvalue weighted by Crippen LogP contribution is 2.21. The van der Waals surface area contributed by atoms with Crippen LogP contribution in [0.5, 0.6) is 0 Å². The Balaban J connectivity index is 0.00000200. The first-order valence-corrected chi connectivity index (χ1v) is 7.78. The third-order valence-corrected chi connectivity index (χ3v) is 4.52. The number of aliphatic imine (C=N–C) groups is 1. The number of halogens is 4. The van der Waals surface area contributed by atoms with Crippen LogP contribution in [0.4, 0.5) is 8.78 Å². The lowest BCUT2D eigenvalue weighted by molar-refractivity contribution is 0.455. The van der Waals surface area contributed by atoms with Gasteiger partial charge >= 0.3 is 0 Å². The van der Waals surface area contributed by atoms with Crippen LogP contribution in [0.25, 0.3) is 0 Å². The van der Waals surface area contributed by atoms with Crippen LogP contribution in [0.1, 0.15) is 5.56 Å². The maximum Gasteiger partial charge on any atom is 0.191 e. The largest absolute Gasteiger partial charge is 0.370 e. The Bertz CT molecular complexity index is 496. The molecule has 1 aromatic carbocycles. The van der Waals surface area contributed by atoms with Crippen LogP contribution < -0.4 is 5.73 Å². The molecule has 1 aliphatic heterocycles. The van der Waals surface area contributed by atoms with Crippen molar-refractivity contribution in [3.8, 4) is 0 Å². The summed E-state index contributed by atoms with van der Waals surface area (Å²) in [5.74, 6) is 0.773. The molecule has 0 spiro atoms. The number of benzene rings is 1. The maximum atomic E-state index is 13.1. The maximum absolute atomic E-state index is 13.1. The summed E-state index contributed by atoms with van der Waals surface area (Å²) < 4.78 is 26.6. The van der Waals surface area contributed by atoms with Gasteiger partial charge in [0.05, 0.1) is 6.54 Å². The Labute approximate surface area is 146 Å². The molecule has 1 heterocycles. The molecule has 1 aromatic rings. The van der Waals surface area contributed by atoms with Crippen LogP contribution in [0, 0.1) is 11.6 Å². The zero-order valence-electron chi connectivity index (χ0n) is 10.6. The SMILES string of the molecule is I.NC(=NCc1cc(F)c(F)cc1Br)N1CCSCC1. The van der Waals surface area contributed by atoms with E-state index in [4.69, 9.17) is 5.73 Å². The average molecular weight is 478 g/mol. The molecule has 2 rings (SSSR count). The summed E-state index contributed by atoms with van der Waals surface area (Å²) in [7, 11) is 0. The molecular weight excluding hydrogens is 463 g/mol. The number of guanidine groups is 1. The van der Waals surface area contributed by atoms with Crippen molar-refractivity contribution in [2.24, 2.45) is 10.7 Å². The molecule has 0 aliphatic carbocycles. The zero-order chi connectivity index (χ0) is 13.8. The lowest BCUT2D eigenvalue weighted by atomic mass is 10.2. The fourth-order valence-electron chi connectivity index (χ4n) is 1.74. The van der Waals surface area contributed by atoms with Gasteiger partial charge in [-0.1, -0.05) is 15.9 Å². The van der Waals surface area contributed by atoms with E-state index in [-0.39, 0.29) is 30.5 Å². The van der Waals surface area contributed by atoms with E-state index < -0.39 is 11.6 Å². The Morgan fingerprint density at radius 3 is 2.55 bits per heavy atom. The van der Waals surface area contributed by atoms with Crippen molar-refractivity contribution in [1.29, 1.82) is 0 Å². The second-order valence-corrected chi connectivity index (χ2v) is 6.21. The summed E-state index contributed by atoms with van der Waals surface area (Å²) in [6.07, 6.45) is 0. The van der Waals surface area contributed by atoms with Gasteiger partial charge in [-0.3, -0.25) is 0 Å². The number of nitrogens with two attached hydrogens (primary N) is 1. The predicted molar refractivity (Wildman–Crippen MR) is 93.7 cm³/mol. The molecule has 112 valence electrons. The summed E-state index contributed by atoms with van der Waals surface area (Å²) in [5, 5.41) is 0. The van der Waals surface area contributed by atoms with E-state index in [1.807, 2.05) is 16.7 Å². The van der Waals surface area contributed by atoms with E-state index >= 15 is 0 Å². The average Bonchev–Trinajstić information content (AvgIpc) is 2.42. The van der Waals surface area contributed by atoms with Crippen LogP contribution in [0.2, 0.25) is 0 Å². The van der Waals surface area contributed by atoms with Crippen molar-refractivity contribution >= 4 is 57.6 Å². The molecule has 20 heavy (non-hydrogen) atoms. The van der Waals surface area contributed by atoms with Crippen molar-refractivity contribution in [2.75, 3.05) is 24.6 Å².